The maximum atomic E-state index is 11.7. The van der Waals surface area contributed by atoms with Crippen LogP contribution in [0.25, 0.3) is 0 Å². The number of nitrogens with one attached hydrogen (secondary N) is 1. The Morgan fingerprint density at radius 1 is 1.08 bits per heavy atom. The molecule has 1 atom stereocenters. The van der Waals surface area contributed by atoms with Crippen molar-refractivity contribution in [2.75, 3.05) is 0 Å². The summed E-state index contributed by atoms with van der Waals surface area (Å²) in [5.41, 5.74) is -0.0913. The summed E-state index contributed by atoms with van der Waals surface area (Å²) in [7, 11) is 0. The lowest BCUT2D eigenvalue weighted by Crippen LogP contribution is -2.46. The summed E-state index contributed by atoms with van der Waals surface area (Å²) >= 11 is 0. The first-order valence-corrected chi connectivity index (χ1v) is 4.86. The maximum absolute atomic E-state index is 11.7. The second-order valence-corrected chi connectivity index (χ2v) is 5.83. The van der Waals surface area contributed by atoms with Crippen LogP contribution in [-0.4, -0.2) is 11.4 Å². The monoisotopic (exact) mass is 185 g/mol. The zero-order chi connectivity index (χ0) is 10.9. The van der Waals surface area contributed by atoms with E-state index in [1.165, 1.54) is 0 Å². The number of carbonyl (C=O) groups excluding carboxylic acids is 1. The first-order chi connectivity index (χ1) is 5.54. The molecule has 0 aliphatic carbocycles. The Balaban J connectivity index is 4.30. The molecular formula is C11H23NO. The first kappa shape index (κ1) is 12.5. The van der Waals surface area contributed by atoms with Gasteiger partial charge in [0.25, 0.3) is 0 Å². The fourth-order valence-corrected chi connectivity index (χ4v) is 0.871. The van der Waals surface area contributed by atoms with Crippen LogP contribution in [-0.2, 0) is 4.79 Å². The summed E-state index contributed by atoms with van der Waals surface area (Å²) in [4.78, 5) is 11.7. The highest BCUT2D eigenvalue weighted by atomic mass is 16.2. The van der Waals surface area contributed by atoms with E-state index in [-0.39, 0.29) is 22.8 Å². The van der Waals surface area contributed by atoms with Gasteiger partial charge in [0, 0.05) is 11.5 Å². The van der Waals surface area contributed by atoms with E-state index in [1.807, 2.05) is 27.7 Å². The van der Waals surface area contributed by atoms with E-state index in [9.17, 15) is 4.79 Å². The van der Waals surface area contributed by atoms with Gasteiger partial charge in [-0.1, -0.05) is 27.7 Å². The minimum Gasteiger partial charge on any atom is -0.351 e. The summed E-state index contributed by atoms with van der Waals surface area (Å²) in [6.07, 6.45) is 0. The van der Waals surface area contributed by atoms with Gasteiger partial charge in [0.2, 0.25) is 5.91 Å². The molecule has 0 radical (unpaired) electrons. The lowest BCUT2D eigenvalue weighted by Gasteiger charge is -2.30. The third-order valence-electron chi connectivity index (χ3n) is 2.19. The highest BCUT2D eigenvalue weighted by molar-refractivity contribution is 5.79. The molecule has 0 saturated carbocycles. The van der Waals surface area contributed by atoms with Gasteiger partial charge in [-0.3, -0.25) is 4.79 Å². The van der Waals surface area contributed by atoms with Gasteiger partial charge in [-0.2, -0.15) is 0 Å². The van der Waals surface area contributed by atoms with Crippen molar-refractivity contribution in [3.63, 3.8) is 0 Å². The number of hydrogen-bond donors (Lipinski definition) is 1. The van der Waals surface area contributed by atoms with Gasteiger partial charge >= 0.3 is 0 Å². The average molecular weight is 185 g/mol. The second-order valence-electron chi connectivity index (χ2n) is 5.83. The van der Waals surface area contributed by atoms with Gasteiger partial charge in [-0.15, -0.1) is 0 Å². The quantitative estimate of drug-likeness (QED) is 0.668. The molecule has 0 heterocycles. The molecule has 0 aliphatic rings. The standard InChI is InChI=1S/C11H23NO/c1-8(10(2,3)4)9(13)12-11(5,6)7/h8H,1-7H3,(H,12,13)/t8-/m1/s1. The molecule has 0 unspecified atom stereocenters. The van der Waals surface area contributed by atoms with E-state index >= 15 is 0 Å². The van der Waals surface area contributed by atoms with Gasteiger partial charge in [-0.25, -0.2) is 0 Å². The third kappa shape index (κ3) is 4.91. The Morgan fingerprint density at radius 2 is 1.46 bits per heavy atom. The van der Waals surface area contributed by atoms with E-state index in [0.29, 0.717) is 0 Å². The Morgan fingerprint density at radius 3 is 1.69 bits per heavy atom. The van der Waals surface area contributed by atoms with Crippen molar-refractivity contribution < 1.29 is 4.79 Å². The van der Waals surface area contributed by atoms with E-state index in [4.69, 9.17) is 0 Å². The van der Waals surface area contributed by atoms with E-state index in [2.05, 4.69) is 26.1 Å². The average Bonchev–Trinajstić information content (AvgIpc) is 1.79. The molecule has 2 nitrogen and oxygen atoms in total. The predicted molar refractivity (Wildman–Crippen MR) is 56.5 cm³/mol. The molecule has 1 N–H and O–H groups in total. The lowest BCUT2D eigenvalue weighted by atomic mass is 9.81. The first-order valence-electron chi connectivity index (χ1n) is 4.86. The largest absolute Gasteiger partial charge is 0.351 e. The summed E-state index contributed by atoms with van der Waals surface area (Å²) in [6, 6.07) is 0. The van der Waals surface area contributed by atoms with Crippen LogP contribution in [0.15, 0.2) is 0 Å². The van der Waals surface area contributed by atoms with Crippen molar-refractivity contribution in [1.29, 1.82) is 0 Å². The van der Waals surface area contributed by atoms with Gasteiger partial charge < -0.3 is 5.32 Å². The molecule has 0 bridgehead atoms. The SMILES string of the molecule is C[C@H](C(=O)NC(C)(C)C)C(C)(C)C. The third-order valence-corrected chi connectivity index (χ3v) is 2.19. The summed E-state index contributed by atoms with van der Waals surface area (Å²) < 4.78 is 0. The molecule has 13 heavy (non-hydrogen) atoms. The number of hydrogen-bond acceptors (Lipinski definition) is 1. The minimum atomic E-state index is -0.128. The second kappa shape index (κ2) is 3.69. The van der Waals surface area contributed by atoms with Crippen molar-refractivity contribution in [2.45, 2.75) is 54.0 Å². The predicted octanol–water partition coefficient (Wildman–Crippen LogP) is 2.58. The van der Waals surface area contributed by atoms with Crippen LogP contribution < -0.4 is 5.32 Å². The highest BCUT2D eigenvalue weighted by Crippen LogP contribution is 2.25. The Bertz CT molecular complexity index is 183. The van der Waals surface area contributed by atoms with Crippen molar-refractivity contribution in [1.82, 2.24) is 5.32 Å². The number of amides is 1. The van der Waals surface area contributed by atoms with Crippen LogP contribution in [0.4, 0.5) is 0 Å². The van der Waals surface area contributed by atoms with Crippen molar-refractivity contribution in [2.24, 2.45) is 11.3 Å². The molecule has 0 aliphatic heterocycles. The molecule has 0 aromatic carbocycles. The highest BCUT2D eigenvalue weighted by Gasteiger charge is 2.28. The number of carbonyl (C=O) groups is 1. The molecule has 0 fully saturated rings. The van der Waals surface area contributed by atoms with Crippen LogP contribution in [0, 0.1) is 11.3 Å². The molecule has 78 valence electrons. The molecule has 2 heteroatoms. The van der Waals surface area contributed by atoms with E-state index in [0.717, 1.165) is 0 Å². The van der Waals surface area contributed by atoms with Crippen LogP contribution in [0.1, 0.15) is 48.5 Å². The fourth-order valence-electron chi connectivity index (χ4n) is 0.871. The molecule has 0 aromatic rings. The van der Waals surface area contributed by atoms with Crippen molar-refractivity contribution >= 4 is 5.91 Å². The molecule has 1 amide bonds. The lowest BCUT2D eigenvalue weighted by molar-refractivity contribution is -0.128. The Labute approximate surface area is 82.1 Å². The smallest absolute Gasteiger partial charge is 0.223 e. The maximum Gasteiger partial charge on any atom is 0.223 e. The van der Waals surface area contributed by atoms with Crippen LogP contribution in [0.3, 0.4) is 0 Å². The van der Waals surface area contributed by atoms with E-state index in [1.54, 1.807) is 0 Å². The number of rotatable bonds is 1. The Hall–Kier alpha value is -0.530. The molecule has 0 saturated heterocycles. The zero-order valence-corrected chi connectivity index (χ0v) is 9.99. The summed E-state index contributed by atoms with van der Waals surface area (Å²) in [6.45, 7) is 14.2. The fraction of sp³-hybridized carbons (Fsp3) is 0.909. The van der Waals surface area contributed by atoms with Crippen molar-refractivity contribution in [3.8, 4) is 0 Å². The summed E-state index contributed by atoms with van der Waals surface area (Å²) in [5.74, 6) is 0.187. The molecule has 0 aromatic heterocycles. The van der Waals surface area contributed by atoms with Gasteiger partial charge in [0.1, 0.15) is 0 Å². The molecule has 0 rings (SSSR count). The van der Waals surface area contributed by atoms with E-state index < -0.39 is 0 Å². The van der Waals surface area contributed by atoms with Crippen LogP contribution in [0.5, 0.6) is 0 Å². The Kier molecular flexibility index (Phi) is 3.54. The minimum absolute atomic E-state index is 0.0370. The van der Waals surface area contributed by atoms with Gasteiger partial charge in [0.15, 0.2) is 0 Å². The molecule has 0 spiro atoms. The van der Waals surface area contributed by atoms with Gasteiger partial charge in [-0.05, 0) is 26.2 Å². The normalized spacial score (nSPS) is 15.3. The molecular weight excluding hydrogens is 162 g/mol. The van der Waals surface area contributed by atoms with Crippen LogP contribution in [0.2, 0.25) is 0 Å². The topological polar surface area (TPSA) is 29.1 Å². The van der Waals surface area contributed by atoms with Crippen LogP contribution >= 0.6 is 0 Å². The summed E-state index contributed by atoms with van der Waals surface area (Å²) in [5, 5.41) is 2.99. The van der Waals surface area contributed by atoms with Gasteiger partial charge in [0.05, 0.1) is 0 Å². The van der Waals surface area contributed by atoms with Crippen molar-refractivity contribution in [3.05, 3.63) is 0 Å². The zero-order valence-electron chi connectivity index (χ0n) is 9.99.